The topological polar surface area (TPSA) is 87.2 Å². The van der Waals surface area contributed by atoms with E-state index in [1.165, 1.54) is 11.2 Å². The lowest BCUT2D eigenvalue weighted by Crippen LogP contribution is -2.36. The molecule has 5 nitrogen and oxygen atoms in total. The van der Waals surface area contributed by atoms with Crippen LogP contribution in [0.15, 0.2) is 24.3 Å². The molecule has 0 amide bonds. The Kier molecular flexibility index (Phi) is 3.78. The number of para-hydroxylation sites is 1. The van der Waals surface area contributed by atoms with E-state index in [2.05, 4.69) is 0 Å². The van der Waals surface area contributed by atoms with Gasteiger partial charge in [0.05, 0.1) is 11.8 Å². The molecule has 2 atom stereocenters. The van der Waals surface area contributed by atoms with Gasteiger partial charge in [0.25, 0.3) is 10.0 Å². The fraction of sp³-hybridized carbons (Fsp3) is 0.462. The summed E-state index contributed by atoms with van der Waals surface area (Å²) >= 11 is 0. The molecule has 0 bridgehead atoms. The molecule has 1 aliphatic rings. The van der Waals surface area contributed by atoms with Crippen LogP contribution in [0.25, 0.3) is 0 Å². The van der Waals surface area contributed by atoms with E-state index in [1.54, 1.807) is 12.1 Å². The number of hydrogen-bond acceptors (Lipinski definition) is 4. The second kappa shape index (κ2) is 5.19. The van der Waals surface area contributed by atoms with Gasteiger partial charge >= 0.3 is 0 Å². The van der Waals surface area contributed by atoms with Crippen molar-refractivity contribution in [3.8, 4) is 6.07 Å². The van der Waals surface area contributed by atoms with Gasteiger partial charge in [-0.05, 0) is 31.5 Å². The Balaban J connectivity index is 2.44. The van der Waals surface area contributed by atoms with Crippen LogP contribution in [0.1, 0.15) is 24.8 Å². The second-order valence-electron chi connectivity index (χ2n) is 4.68. The molecule has 1 heterocycles. The van der Waals surface area contributed by atoms with Crippen molar-refractivity contribution in [1.29, 1.82) is 5.26 Å². The van der Waals surface area contributed by atoms with Gasteiger partial charge in [-0.15, -0.1) is 0 Å². The van der Waals surface area contributed by atoms with Crippen molar-refractivity contribution in [3.05, 3.63) is 29.8 Å². The van der Waals surface area contributed by atoms with Crippen molar-refractivity contribution in [2.45, 2.75) is 24.5 Å². The van der Waals surface area contributed by atoms with Crippen LogP contribution in [0.4, 0.5) is 5.69 Å². The molecule has 1 aromatic rings. The Morgan fingerprint density at radius 2 is 2.21 bits per heavy atom. The summed E-state index contributed by atoms with van der Waals surface area (Å²) in [4.78, 5) is 0. The van der Waals surface area contributed by atoms with E-state index in [4.69, 9.17) is 11.0 Å². The average molecular weight is 279 g/mol. The Labute approximate surface area is 113 Å². The van der Waals surface area contributed by atoms with Gasteiger partial charge in [0.1, 0.15) is 0 Å². The third-order valence-corrected chi connectivity index (χ3v) is 5.44. The zero-order valence-electron chi connectivity index (χ0n) is 10.8. The normalized spacial score (nSPS) is 19.8. The third-order valence-electron chi connectivity index (χ3n) is 3.48. The lowest BCUT2D eigenvalue weighted by Gasteiger charge is -2.21. The smallest absolute Gasteiger partial charge is 0.251 e. The first-order valence-corrected chi connectivity index (χ1v) is 7.73. The number of nitrogens with two attached hydrogens (primary N) is 1. The maximum Gasteiger partial charge on any atom is 0.251 e. The van der Waals surface area contributed by atoms with Gasteiger partial charge in [-0.2, -0.15) is 5.26 Å². The zero-order chi connectivity index (χ0) is 14.0. The SMILES string of the molecule is CC(C#N)S(=O)(=O)N1CC(CCN)c2ccccc21. The molecule has 0 spiro atoms. The molecule has 0 saturated heterocycles. The van der Waals surface area contributed by atoms with Gasteiger partial charge in [-0.3, -0.25) is 4.31 Å². The maximum atomic E-state index is 12.3. The van der Waals surface area contributed by atoms with E-state index in [0.717, 1.165) is 12.0 Å². The summed E-state index contributed by atoms with van der Waals surface area (Å²) in [5, 5.41) is 7.83. The lowest BCUT2D eigenvalue weighted by atomic mass is 9.98. The largest absolute Gasteiger partial charge is 0.330 e. The fourth-order valence-electron chi connectivity index (χ4n) is 2.40. The fourth-order valence-corrected chi connectivity index (χ4v) is 3.75. The summed E-state index contributed by atoms with van der Waals surface area (Å²) in [5.74, 6) is 0.113. The highest BCUT2D eigenvalue weighted by Gasteiger charge is 2.37. The van der Waals surface area contributed by atoms with E-state index in [0.29, 0.717) is 18.8 Å². The van der Waals surface area contributed by atoms with E-state index in [-0.39, 0.29) is 5.92 Å². The summed E-state index contributed by atoms with van der Waals surface area (Å²) < 4.78 is 26.1. The number of benzene rings is 1. The first-order valence-electron chi connectivity index (χ1n) is 6.22. The van der Waals surface area contributed by atoms with Crippen molar-refractivity contribution in [2.75, 3.05) is 17.4 Å². The van der Waals surface area contributed by atoms with E-state index >= 15 is 0 Å². The van der Waals surface area contributed by atoms with Crippen LogP contribution in [0.3, 0.4) is 0 Å². The Hall–Kier alpha value is -1.58. The summed E-state index contributed by atoms with van der Waals surface area (Å²) in [5.41, 5.74) is 7.27. The third kappa shape index (κ3) is 2.31. The summed E-state index contributed by atoms with van der Waals surface area (Å²) in [6.07, 6.45) is 0.740. The summed E-state index contributed by atoms with van der Waals surface area (Å²) in [6.45, 7) is 2.31. The molecule has 102 valence electrons. The number of sulfonamides is 1. The predicted molar refractivity (Wildman–Crippen MR) is 74.2 cm³/mol. The second-order valence-corrected chi connectivity index (χ2v) is 6.86. The molecule has 0 aliphatic carbocycles. The van der Waals surface area contributed by atoms with Gasteiger partial charge in [0, 0.05) is 12.5 Å². The molecule has 2 N–H and O–H groups in total. The molecular weight excluding hydrogens is 262 g/mol. The first kappa shape index (κ1) is 13.8. The summed E-state index contributed by atoms with van der Waals surface area (Å²) in [6, 6.07) is 9.23. The Morgan fingerprint density at radius 3 is 2.84 bits per heavy atom. The van der Waals surface area contributed by atoms with Crippen molar-refractivity contribution in [1.82, 2.24) is 0 Å². The average Bonchev–Trinajstić information content (AvgIpc) is 2.78. The van der Waals surface area contributed by atoms with E-state index in [9.17, 15) is 8.42 Å². The highest BCUT2D eigenvalue weighted by Crippen LogP contribution is 2.39. The van der Waals surface area contributed by atoms with Crippen molar-refractivity contribution in [3.63, 3.8) is 0 Å². The van der Waals surface area contributed by atoms with E-state index in [1.807, 2.05) is 18.2 Å². The molecular formula is C13H17N3O2S. The van der Waals surface area contributed by atoms with Gasteiger partial charge in [-0.1, -0.05) is 18.2 Å². The highest BCUT2D eigenvalue weighted by molar-refractivity contribution is 7.93. The van der Waals surface area contributed by atoms with Crippen LogP contribution in [-0.2, 0) is 10.0 Å². The van der Waals surface area contributed by atoms with Crippen molar-refractivity contribution < 1.29 is 8.42 Å². The zero-order valence-corrected chi connectivity index (χ0v) is 11.6. The molecule has 0 radical (unpaired) electrons. The van der Waals surface area contributed by atoms with Crippen LogP contribution in [0.2, 0.25) is 0 Å². The van der Waals surface area contributed by atoms with Gasteiger partial charge < -0.3 is 5.73 Å². The van der Waals surface area contributed by atoms with Crippen LogP contribution >= 0.6 is 0 Å². The van der Waals surface area contributed by atoms with Crippen molar-refractivity contribution >= 4 is 15.7 Å². The van der Waals surface area contributed by atoms with Crippen LogP contribution in [-0.4, -0.2) is 26.8 Å². The molecule has 0 fully saturated rings. The van der Waals surface area contributed by atoms with Crippen LogP contribution in [0.5, 0.6) is 0 Å². The molecule has 0 aromatic heterocycles. The maximum absolute atomic E-state index is 12.3. The van der Waals surface area contributed by atoms with Gasteiger partial charge in [-0.25, -0.2) is 8.42 Å². The predicted octanol–water partition coefficient (Wildman–Crippen LogP) is 1.18. The highest BCUT2D eigenvalue weighted by atomic mass is 32.2. The standard InChI is InChI=1S/C13H17N3O2S/c1-10(8-15)19(17,18)16-9-11(6-7-14)12-4-2-3-5-13(12)16/h2-5,10-11H,6-7,9,14H2,1H3. The Bertz CT molecular complexity index is 607. The molecule has 19 heavy (non-hydrogen) atoms. The number of rotatable bonds is 4. The number of anilines is 1. The Morgan fingerprint density at radius 1 is 1.53 bits per heavy atom. The monoisotopic (exact) mass is 279 g/mol. The van der Waals surface area contributed by atoms with Gasteiger partial charge in [0.15, 0.2) is 5.25 Å². The molecule has 2 rings (SSSR count). The number of hydrogen-bond donors (Lipinski definition) is 1. The molecule has 1 aliphatic heterocycles. The van der Waals surface area contributed by atoms with Crippen LogP contribution < -0.4 is 10.0 Å². The first-order chi connectivity index (χ1) is 9.02. The summed E-state index contributed by atoms with van der Waals surface area (Å²) in [7, 11) is -3.62. The quantitative estimate of drug-likeness (QED) is 0.896. The molecule has 0 saturated carbocycles. The van der Waals surface area contributed by atoms with Crippen molar-refractivity contribution in [2.24, 2.45) is 5.73 Å². The molecule has 2 unspecified atom stereocenters. The number of fused-ring (bicyclic) bond motifs is 1. The number of nitriles is 1. The van der Waals surface area contributed by atoms with Gasteiger partial charge in [0.2, 0.25) is 0 Å². The lowest BCUT2D eigenvalue weighted by molar-refractivity contribution is 0.582. The minimum atomic E-state index is -3.62. The van der Waals surface area contributed by atoms with Crippen LogP contribution in [0, 0.1) is 11.3 Å². The minimum absolute atomic E-state index is 0.113. The molecule has 1 aromatic carbocycles. The number of nitrogens with zero attached hydrogens (tertiary/aromatic N) is 2. The minimum Gasteiger partial charge on any atom is -0.330 e. The molecule has 6 heteroatoms. The van der Waals surface area contributed by atoms with E-state index < -0.39 is 15.3 Å².